The average Bonchev–Trinajstić information content (AvgIpc) is 2.81. The molecule has 0 atom stereocenters. The summed E-state index contributed by atoms with van der Waals surface area (Å²) in [5, 5.41) is 7.86. The number of benzene rings is 1. The lowest BCUT2D eigenvalue weighted by Crippen LogP contribution is -2.24. The predicted molar refractivity (Wildman–Crippen MR) is 95.9 cm³/mol. The highest BCUT2D eigenvalue weighted by Gasteiger charge is 2.17. The van der Waals surface area contributed by atoms with Crippen LogP contribution >= 0.6 is 11.6 Å². The fourth-order valence-electron chi connectivity index (χ4n) is 2.90. The zero-order valence-corrected chi connectivity index (χ0v) is 15.6. The van der Waals surface area contributed by atoms with Gasteiger partial charge >= 0.3 is 0 Å². The molecule has 130 valence electrons. The van der Waals surface area contributed by atoms with E-state index in [2.05, 4.69) is 17.3 Å². The van der Waals surface area contributed by atoms with Crippen molar-refractivity contribution >= 4 is 17.5 Å². The van der Waals surface area contributed by atoms with Crippen LogP contribution in [0.5, 0.6) is 5.88 Å². The number of aromatic nitrogens is 2. The molecule has 0 saturated heterocycles. The van der Waals surface area contributed by atoms with Crippen LogP contribution in [0.4, 0.5) is 0 Å². The number of methoxy groups -OCH3 is 1. The van der Waals surface area contributed by atoms with E-state index in [0.717, 1.165) is 35.2 Å². The molecule has 1 N–H and O–H groups in total. The molecule has 0 fully saturated rings. The molecule has 2 rings (SSSR count). The Bertz CT molecular complexity index is 753. The van der Waals surface area contributed by atoms with Crippen molar-refractivity contribution in [2.75, 3.05) is 7.11 Å². The van der Waals surface area contributed by atoms with E-state index in [1.807, 2.05) is 27.0 Å². The molecule has 24 heavy (non-hydrogen) atoms. The Morgan fingerprint density at radius 3 is 2.71 bits per heavy atom. The predicted octanol–water partition coefficient (Wildman–Crippen LogP) is 3.58. The molecular formula is C18H24ClN3O2. The molecule has 1 heterocycles. The van der Waals surface area contributed by atoms with Gasteiger partial charge < -0.3 is 10.1 Å². The van der Waals surface area contributed by atoms with E-state index in [0.29, 0.717) is 23.0 Å². The van der Waals surface area contributed by atoms with Gasteiger partial charge in [0.05, 0.1) is 24.9 Å². The summed E-state index contributed by atoms with van der Waals surface area (Å²) < 4.78 is 7.02. The van der Waals surface area contributed by atoms with Gasteiger partial charge in [-0.15, -0.1) is 0 Å². The highest BCUT2D eigenvalue weighted by Crippen LogP contribution is 2.23. The monoisotopic (exact) mass is 349 g/mol. The number of nitrogens with zero attached hydrogens (tertiary/aromatic N) is 2. The molecule has 0 unspecified atom stereocenters. The Morgan fingerprint density at radius 1 is 1.38 bits per heavy atom. The minimum Gasteiger partial charge on any atom is -0.481 e. The molecule has 6 heteroatoms. The van der Waals surface area contributed by atoms with Crippen LogP contribution in [0.25, 0.3) is 0 Å². The highest BCUT2D eigenvalue weighted by molar-refractivity contribution is 6.31. The van der Waals surface area contributed by atoms with Crippen LogP contribution in [0.1, 0.15) is 46.1 Å². The first-order valence-corrected chi connectivity index (χ1v) is 8.40. The van der Waals surface area contributed by atoms with Crippen LogP contribution in [0.2, 0.25) is 5.02 Å². The number of aryl methyl sites for hydroxylation is 3. The molecule has 1 amide bonds. The smallest absolute Gasteiger partial charge is 0.251 e. The van der Waals surface area contributed by atoms with Crippen molar-refractivity contribution in [2.45, 2.75) is 40.2 Å². The molecule has 2 aromatic rings. The van der Waals surface area contributed by atoms with Gasteiger partial charge in [0.15, 0.2) is 0 Å². The van der Waals surface area contributed by atoms with E-state index in [-0.39, 0.29) is 5.91 Å². The number of amides is 1. The molecule has 0 aliphatic rings. The van der Waals surface area contributed by atoms with Gasteiger partial charge in [0.25, 0.3) is 5.91 Å². The maximum absolute atomic E-state index is 12.6. The van der Waals surface area contributed by atoms with Crippen molar-refractivity contribution in [3.63, 3.8) is 0 Å². The van der Waals surface area contributed by atoms with Gasteiger partial charge in [0.2, 0.25) is 5.88 Å². The van der Waals surface area contributed by atoms with Crippen molar-refractivity contribution in [3.05, 3.63) is 45.1 Å². The van der Waals surface area contributed by atoms with E-state index in [1.165, 1.54) is 0 Å². The fraction of sp³-hybridized carbons (Fsp3) is 0.444. The van der Waals surface area contributed by atoms with Crippen LogP contribution in [0.3, 0.4) is 0 Å². The van der Waals surface area contributed by atoms with E-state index >= 15 is 0 Å². The van der Waals surface area contributed by atoms with Crippen molar-refractivity contribution in [1.82, 2.24) is 15.1 Å². The number of carbonyl (C=O) groups is 1. The molecule has 0 aliphatic heterocycles. The molecule has 0 radical (unpaired) electrons. The fourth-order valence-corrected chi connectivity index (χ4v) is 3.14. The first-order valence-electron chi connectivity index (χ1n) is 8.02. The molecule has 0 spiro atoms. The van der Waals surface area contributed by atoms with E-state index in [1.54, 1.807) is 17.9 Å². The SMILES string of the molecule is CCCc1cc(Cl)cc(C(=O)NCc2c(C)nn(C)c2OC)c1C. The molecule has 0 aliphatic carbocycles. The second kappa shape index (κ2) is 7.71. The molecule has 5 nitrogen and oxygen atoms in total. The highest BCUT2D eigenvalue weighted by atomic mass is 35.5. The number of hydrogen-bond acceptors (Lipinski definition) is 3. The van der Waals surface area contributed by atoms with Gasteiger partial charge in [-0.05, 0) is 43.5 Å². The van der Waals surface area contributed by atoms with Gasteiger partial charge in [-0.25, -0.2) is 4.68 Å². The summed E-state index contributed by atoms with van der Waals surface area (Å²) in [6, 6.07) is 3.66. The summed E-state index contributed by atoms with van der Waals surface area (Å²) in [4.78, 5) is 12.6. The quantitative estimate of drug-likeness (QED) is 0.867. The van der Waals surface area contributed by atoms with Gasteiger partial charge in [0.1, 0.15) is 0 Å². The topological polar surface area (TPSA) is 56.2 Å². The van der Waals surface area contributed by atoms with Crippen molar-refractivity contribution in [3.8, 4) is 5.88 Å². The Labute approximate surface area is 148 Å². The normalized spacial score (nSPS) is 10.8. The van der Waals surface area contributed by atoms with E-state index in [9.17, 15) is 4.79 Å². The third kappa shape index (κ3) is 3.73. The van der Waals surface area contributed by atoms with E-state index < -0.39 is 0 Å². The van der Waals surface area contributed by atoms with Crippen molar-refractivity contribution in [1.29, 1.82) is 0 Å². The number of halogens is 1. The third-order valence-electron chi connectivity index (χ3n) is 4.15. The second-order valence-electron chi connectivity index (χ2n) is 5.87. The summed E-state index contributed by atoms with van der Waals surface area (Å²) >= 11 is 6.18. The first-order chi connectivity index (χ1) is 11.4. The lowest BCUT2D eigenvalue weighted by atomic mass is 9.98. The number of ether oxygens (including phenoxy) is 1. The summed E-state index contributed by atoms with van der Waals surface area (Å²) in [7, 11) is 3.41. The molecule has 1 aromatic carbocycles. The lowest BCUT2D eigenvalue weighted by molar-refractivity contribution is 0.0950. The Kier molecular flexibility index (Phi) is 5.89. The van der Waals surface area contributed by atoms with Crippen molar-refractivity contribution in [2.24, 2.45) is 7.05 Å². The number of rotatable bonds is 6. The molecule has 0 bridgehead atoms. The third-order valence-corrected chi connectivity index (χ3v) is 4.37. The summed E-state index contributed by atoms with van der Waals surface area (Å²) in [5.41, 5.74) is 4.43. The standard InChI is InChI=1S/C18H24ClN3O2/c1-6-7-13-8-14(19)9-15(11(13)2)17(23)20-10-16-12(3)21-22(4)18(16)24-5/h8-9H,6-7,10H2,1-5H3,(H,20,23). The van der Waals surface area contributed by atoms with Crippen LogP contribution < -0.4 is 10.1 Å². The maximum atomic E-state index is 12.6. The maximum Gasteiger partial charge on any atom is 0.251 e. The zero-order chi connectivity index (χ0) is 17.9. The summed E-state index contributed by atoms with van der Waals surface area (Å²) in [6.45, 7) is 6.33. The van der Waals surface area contributed by atoms with Crippen LogP contribution in [0.15, 0.2) is 12.1 Å². The van der Waals surface area contributed by atoms with Gasteiger partial charge in [-0.1, -0.05) is 24.9 Å². The second-order valence-corrected chi connectivity index (χ2v) is 6.30. The zero-order valence-electron chi connectivity index (χ0n) is 14.9. The first kappa shape index (κ1) is 18.3. The Morgan fingerprint density at radius 2 is 2.08 bits per heavy atom. The van der Waals surface area contributed by atoms with Gasteiger partial charge in [-0.3, -0.25) is 4.79 Å². The molecule has 1 aromatic heterocycles. The minimum atomic E-state index is -0.141. The summed E-state index contributed by atoms with van der Waals surface area (Å²) in [6.07, 6.45) is 1.91. The minimum absolute atomic E-state index is 0.141. The number of nitrogens with one attached hydrogen (secondary N) is 1. The van der Waals surface area contributed by atoms with E-state index in [4.69, 9.17) is 16.3 Å². The van der Waals surface area contributed by atoms with Crippen LogP contribution in [-0.4, -0.2) is 22.8 Å². The van der Waals surface area contributed by atoms with Gasteiger partial charge in [0, 0.05) is 17.6 Å². The lowest BCUT2D eigenvalue weighted by Gasteiger charge is -2.13. The number of carbonyl (C=O) groups excluding carboxylic acids is 1. The van der Waals surface area contributed by atoms with Gasteiger partial charge in [-0.2, -0.15) is 5.10 Å². The Balaban J connectivity index is 2.22. The average molecular weight is 350 g/mol. The van der Waals surface area contributed by atoms with Crippen LogP contribution in [-0.2, 0) is 20.0 Å². The van der Waals surface area contributed by atoms with Crippen molar-refractivity contribution < 1.29 is 9.53 Å². The molecule has 0 saturated carbocycles. The number of hydrogen-bond donors (Lipinski definition) is 1. The Hall–Kier alpha value is -2.01. The largest absolute Gasteiger partial charge is 0.481 e. The van der Waals surface area contributed by atoms with Crippen LogP contribution in [0, 0.1) is 13.8 Å². The summed E-state index contributed by atoms with van der Waals surface area (Å²) in [5.74, 6) is 0.514. The molecular weight excluding hydrogens is 326 g/mol.